The summed E-state index contributed by atoms with van der Waals surface area (Å²) in [7, 11) is 0. The topological polar surface area (TPSA) is 0 Å². The van der Waals surface area contributed by atoms with E-state index in [4.69, 9.17) is 0 Å². The summed E-state index contributed by atoms with van der Waals surface area (Å²) in [5.41, 5.74) is 18.0. The first-order chi connectivity index (χ1) is 22.7. The van der Waals surface area contributed by atoms with Crippen LogP contribution in [-0.4, -0.2) is 0 Å². The molecule has 0 heterocycles. The van der Waals surface area contributed by atoms with E-state index in [1.165, 1.54) is 99.4 Å². The van der Waals surface area contributed by atoms with Crippen molar-refractivity contribution in [1.82, 2.24) is 0 Å². The molecule has 216 valence electrons. The fraction of sp³-hybridized carbons (Fsp3) is 0.0435. The van der Waals surface area contributed by atoms with E-state index in [1.807, 2.05) is 0 Å². The maximum atomic E-state index is 2.40. The largest absolute Gasteiger partial charge is 0.0622 e. The quantitative estimate of drug-likeness (QED) is 0.193. The lowest BCUT2D eigenvalue weighted by molar-refractivity contribution is 1.50. The van der Waals surface area contributed by atoms with Gasteiger partial charge in [-0.3, -0.25) is 0 Å². The van der Waals surface area contributed by atoms with Crippen LogP contribution in [0.2, 0.25) is 0 Å². The molecule has 1 aliphatic rings. The van der Waals surface area contributed by atoms with Crippen LogP contribution in [0.3, 0.4) is 0 Å². The van der Waals surface area contributed by atoms with Gasteiger partial charge in [-0.25, -0.2) is 0 Å². The maximum Gasteiger partial charge on any atom is -0.000741 e. The summed E-state index contributed by atoms with van der Waals surface area (Å²) in [6.45, 7) is 4.44. The zero-order valence-electron chi connectivity index (χ0n) is 26.0. The summed E-state index contributed by atoms with van der Waals surface area (Å²) in [4.78, 5) is 0. The Balaban J connectivity index is 1.37. The smallest absolute Gasteiger partial charge is 0.000741 e. The summed E-state index contributed by atoms with van der Waals surface area (Å²) in [5, 5.41) is 5.30. The van der Waals surface area contributed by atoms with Crippen LogP contribution in [0.15, 0.2) is 158 Å². The van der Waals surface area contributed by atoms with Crippen molar-refractivity contribution in [2.45, 2.75) is 13.8 Å². The molecule has 0 aromatic heterocycles. The lowest BCUT2D eigenvalue weighted by Gasteiger charge is -2.21. The van der Waals surface area contributed by atoms with E-state index in [0.717, 1.165) is 0 Å². The minimum Gasteiger partial charge on any atom is -0.0622 e. The van der Waals surface area contributed by atoms with Crippen LogP contribution < -0.4 is 0 Å². The average molecular weight is 585 g/mol. The second kappa shape index (κ2) is 10.4. The molecular weight excluding hydrogens is 553 g/mol. The van der Waals surface area contributed by atoms with Crippen molar-refractivity contribution >= 4 is 21.5 Å². The molecule has 0 nitrogen and oxygen atoms in total. The third-order valence-corrected chi connectivity index (χ3v) is 9.82. The number of hydrogen-bond acceptors (Lipinski definition) is 0. The van der Waals surface area contributed by atoms with Gasteiger partial charge in [-0.05, 0) is 108 Å². The fourth-order valence-corrected chi connectivity index (χ4v) is 7.63. The zero-order chi connectivity index (χ0) is 30.8. The summed E-state index contributed by atoms with van der Waals surface area (Å²) < 4.78 is 0. The Morgan fingerprint density at radius 3 is 1.39 bits per heavy atom. The fourth-order valence-electron chi connectivity index (χ4n) is 7.63. The van der Waals surface area contributed by atoms with E-state index in [2.05, 4.69) is 172 Å². The van der Waals surface area contributed by atoms with E-state index >= 15 is 0 Å². The van der Waals surface area contributed by atoms with Gasteiger partial charge in [0, 0.05) is 0 Å². The van der Waals surface area contributed by atoms with Crippen molar-refractivity contribution in [1.29, 1.82) is 0 Å². The second-order valence-electron chi connectivity index (χ2n) is 12.6. The Morgan fingerprint density at radius 2 is 0.804 bits per heavy atom. The zero-order valence-corrected chi connectivity index (χ0v) is 26.0. The van der Waals surface area contributed by atoms with Gasteiger partial charge in [-0.15, -0.1) is 0 Å². The lowest BCUT2D eigenvalue weighted by Crippen LogP contribution is -1.94. The number of rotatable bonds is 4. The first-order valence-corrected chi connectivity index (χ1v) is 16.1. The van der Waals surface area contributed by atoms with Gasteiger partial charge < -0.3 is 0 Å². The minimum atomic E-state index is 1.23. The second-order valence-corrected chi connectivity index (χ2v) is 12.6. The summed E-state index contributed by atoms with van der Waals surface area (Å²) >= 11 is 0. The van der Waals surface area contributed by atoms with E-state index in [0.29, 0.717) is 0 Å². The van der Waals surface area contributed by atoms with Crippen LogP contribution >= 0.6 is 0 Å². The van der Waals surface area contributed by atoms with Crippen LogP contribution in [0.4, 0.5) is 0 Å². The Morgan fingerprint density at radius 1 is 0.304 bits per heavy atom. The highest BCUT2D eigenvalue weighted by molar-refractivity contribution is 6.27. The molecule has 0 spiro atoms. The van der Waals surface area contributed by atoms with Gasteiger partial charge in [-0.2, -0.15) is 0 Å². The molecule has 0 heteroatoms. The summed E-state index contributed by atoms with van der Waals surface area (Å²) in [5.74, 6) is 0. The van der Waals surface area contributed by atoms with Crippen LogP contribution in [0.1, 0.15) is 11.1 Å². The summed E-state index contributed by atoms with van der Waals surface area (Å²) in [6, 6.07) is 58.2. The van der Waals surface area contributed by atoms with Crippen LogP contribution in [0.5, 0.6) is 0 Å². The molecule has 0 amide bonds. The Labute approximate surface area is 270 Å². The molecule has 0 bridgehead atoms. The molecule has 9 rings (SSSR count). The maximum absolute atomic E-state index is 2.40. The third-order valence-electron chi connectivity index (χ3n) is 9.82. The number of aryl methyl sites for hydroxylation is 2. The average Bonchev–Trinajstić information content (AvgIpc) is 3.44. The van der Waals surface area contributed by atoms with Gasteiger partial charge in [0.1, 0.15) is 0 Å². The molecule has 46 heavy (non-hydrogen) atoms. The number of benzene rings is 8. The van der Waals surface area contributed by atoms with Gasteiger partial charge in [0.2, 0.25) is 0 Å². The highest BCUT2D eigenvalue weighted by Gasteiger charge is 2.30. The van der Waals surface area contributed by atoms with Crippen molar-refractivity contribution in [2.75, 3.05) is 0 Å². The van der Waals surface area contributed by atoms with Crippen LogP contribution in [0, 0.1) is 13.8 Å². The van der Waals surface area contributed by atoms with Crippen molar-refractivity contribution < 1.29 is 0 Å². The van der Waals surface area contributed by atoms with E-state index < -0.39 is 0 Å². The minimum absolute atomic E-state index is 1.23. The molecule has 0 saturated heterocycles. The lowest BCUT2D eigenvalue weighted by atomic mass is 9.82. The first-order valence-electron chi connectivity index (χ1n) is 16.1. The van der Waals surface area contributed by atoms with Gasteiger partial charge >= 0.3 is 0 Å². The Kier molecular flexibility index (Phi) is 6.05. The molecule has 0 fully saturated rings. The first kappa shape index (κ1) is 26.7. The molecule has 0 unspecified atom stereocenters. The number of fused-ring (bicyclic) bond motifs is 4. The van der Waals surface area contributed by atoms with Gasteiger partial charge in [0.15, 0.2) is 0 Å². The van der Waals surface area contributed by atoms with E-state index in [-0.39, 0.29) is 0 Å². The predicted molar refractivity (Wildman–Crippen MR) is 197 cm³/mol. The van der Waals surface area contributed by atoms with E-state index in [9.17, 15) is 0 Å². The highest BCUT2D eigenvalue weighted by atomic mass is 14.3. The molecule has 8 aromatic rings. The number of hydrogen-bond donors (Lipinski definition) is 0. The highest BCUT2D eigenvalue weighted by Crippen LogP contribution is 2.58. The Hall–Kier alpha value is -5.72. The molecular formula is C46H32. The normalized spacial score (nSPS) is 11.7. The molecule has 0 aliphatic heterocycles. The molecule has 0 radical (unpaired) electrons. The van der Waals surface area contributed by atoms with Crippen molar-refractivity contribution in [3.8, 4) is 66.8 Å². The third kappa shape index (κ3) is 4.07. The van der Waals surface area contributed by atoms with E-state index in [1.54, 1.807) is 0 Å². The molecule has 1 aliphatic carbocycles. The molecule has 0 atom stereocenters. The summed E-state index contributed by atoms with van der Waals surface area (Å²) in [6.07, 6.45) is 0. The monoisotopic (exact) mass is 584 g/mol. The standard InChI is InChI=1S/C46H32/c1-29-16-26-38-41(28-29)43(36-24-20-34(21-25-36)32-12-7-4-8-13-32)45-39-15-9-14-37-30(2)17-27-40(44(37)39)46(45)42(38)35-22-18-33(19-23-35)31-10-5-3-6-11-31/h3-28H,1-2H3. The van der Waals surface area contributed by atoms with Crippen molar-refractivity contribution in [2.24, 2.45) is 0 Å². The molecule has 0 saturated carbocycles. The predicted octanol–water partition coefficient (Wildman–Crippen LogP) is 12.9. The van der Waals surface area contributed by atoms with Crippen molar-refractivity contribution in [3.05, 3.63) is 169 Å². The van der Waals surface area contributed by atoms with Crippen LogP contribution in [-0.2, 0) is 0 Å². The molecule has 8 aromatic carbocycles. The molecule has 0 N–H and O–H groups in total. The van der Waals surface area contributed by atoms with Gasteiger partial charge in [-0.1, -0.05) is 163 Å². The van der Waals surface area contributed by atoms with Crippen LogP contribution in [0.25, 0.3) is 88.3 Å². The van der Waals surface area contributed by atoms with Crippen molar-refractivity contribution in [3.63, 3.8) is 0 Å². The van der Waals surface area contributed by atoms with Gasteiger partial charge in [0.25, 0.3) is 0 Å². The van der Waals surface area contributed by atoms with Gasteiger partial charge in [0.05, 0.1) is 0 Å². The SMILES string of the molecule is Cc1ccc2c(-c3ccc(-c4ccccc4)cc3)c3c(c(-c4ccc(-c5ccccc5)cc4)c2c1)-c1cccc2c(C)ccc-3c12. The Bertz CT molecular complexity index is 2430.